The Bertz CT molecular complexity index is 273. The average molecular weight is 355 g/mol. The second kappa shape index (κ2) is 19.8. The van der Waals surface area contributed by atoms with Crippen LogP contribution in [-0.2, 0) is 9.53 Å². The first-order chi connectivity index (χ1) is 12.2. The summed E-state index contributed by atoms with van der Waals surface area (Å²) < 4.78 is 5.31. The van der Waals surface area contributed by atoms with Crippen LogP contribution in [0.15, 0.2) is 0 Å². The molecule has 0 amide bonds. The Balaban J connectivity index is 3.14. The summed E-state index contributed by atoms with van der Waals surface area (Å²) >= 11 is 0. The summed E-state index contributed by atoms with van der Waals surface area (Å²) in [5.74, 6) is 0.796. The first-order valence-electron chi connectivity index (χ1n) is 11.3. The van der Waals surface area contributed by atoms with Gasteiger partial charge in [0.1, 0.15) is 0 Å². The zero-order valence-electron chi connectivity index (χ0n) is 17.6. The molecule has 25 heavy (non-hydrogen) atoms. The first kappa shape index (κ1) is 24.5. The van der Waals surface area contributed by atoms with Crippen molar-refractivity contribution in [3.05, 3.63) is 0 Å². The van der Waals surface area contributed by atoms with Crippen molar-refractivity contribution in [3.63, 3.8) is 0 Å². The zero-order chi connectivity index (χ0) is 18.6. The molecule has 0 aromatic carbocycles. The van der Waals surface area contributed by atoms with E-state index in [1.165, 1.54) is 89.9 Å². The van der Waals surface area contributed by atoms with Gasteiger partial charge < -0.3 is 4.74 Å². The highest BCUT2D eigenvalue weighted by molar-refractivity contribution is 5.69. The third-order valence-electron chi connectivity index (χ3n) is 4.92. The minimum atomic E-state index is 0.0101. The van der Waals surface area contributed by atoms with Crippen molar-refractivity contribution in [2.75, 3.05) is 6.61 Å². The topological polar surface area (TPSA) is 26.3 Å². The van der Waals surface area contributed by atoms with Crippen LogP contribution in [0.4, 0.5) is 0 Å². The summed E-state index contributed by atoms with van der Waals surface area (Å²) in [6.07, 6.45) is 21.3. The Morgan fingerprint density at radius 1 is 0.680 bits per heavy atom. The van der Waals surface area contributed by atoms with Crippen LogP contribution < -0.4 is 0 Å². The van der Waals surface area contributed by atoms with E-state index < -0.39 is 0 Å². The maximum atomic E-state index is 11.6. The monoisotopic (exact) mass is 354 g/mol. The van der Waals surface area contributed by atoms with Crippen molar-refractivity contribution >= 4 is 5.97 Å². The van der Waals surface area contributed by atoms with Crippen molar-refractivity contribution in [1.82, 2.24) is 0 Å². The van der Waals surface area contributed by atoms with Gasteiger partial charge in [0, 0.05) is 6.42 Å². The number of carbonyl (C=O) groups is 1. The summed E-state index contributed by atoms with van der Waals surface area (Å²) in [4.78, 5) is 11.6. The lowest BCUT2D eigenvalue weighted by molar-refractivity contribution is -0.143. The molecule has 0 aliphatic carbocycles. The Morgan fingerprint density at radius 3 is 1.68 bits per heavy atom. The summed E-state index contributed by atoms with van der Waals surface area (Å²) in [5, 5.41) is 0. The smallest absolute Gasteiger partial charge is 0.305 e. The Hall–Kier alpha value is -0.530. The molecule has 0 atom stereocenters. The molecule has 2 nitrogen and oxygen atoms in total. The Kier molecular flexibility index (Phi) is 19.4. The van der Waals surface area contributed by atoms with Crippen LogP contribution in [0.2, 0.25) is 0 Å². The predicted molar refractivity (Wildman–Crippen MR) is 110 cm³/mol. The molecule has 0 saturated carbocycles. The fourth-order valence-electron chi connectivity index (χ4n) is 3.20. The van der Waals surface area contributed by atoms with Crippen LogP contribution >= 0.6 is 0 Å². The Morgan fingerprint density at radius 2 is 1.16 bits per heavy atom. The Labute approximate surface area is 158 Å². The van der Waals surface area contributed by atoms with E-state index in [1.807, 2.05) is 0 Å². The highest BCUT2D eigenvalue weighted by Gasteiger charge is 2.02. The fraction of sp³-hybridized carbons (Fsp3) is 0.957. The molecule has 0 rings (SSSR count). The highest BCUT2D eigenvalue weighted by atomic mass is 16.5. The standard InChI is InChI=1S/C23H46O2/c1-4-5-6-7-8-9-10-11-12-13-14-17-20-23(24)25-21-18-15-16-19-22(2)3/h22H,4-21H2,1-3H3. The summed E-state index contributed by atoms with van der Waals surface area (Å²) in [6, 6.07) is 0. The molecule has 2 heteroatoms. The van der Waals surface area contributed by atoms with Gasteiger partial charge in [-0.25, -0.2) is 0 Å². The van der Waals surface area contributed by atoms with Crippen molar-refractivity contribution < 1.29 is 9.53 Å². The molecular weight excluding hydrogens is 308 g/mol. The molecular formula is C23H46O2. The molecule has 0 spiro atoms. The average Bonchev–Trinajstić information content (AvgIpc) is 2.58. The van der Waals surface area contributed by atoms with Crippen LogP contribution in [-0.4, -0.2) is 12.6 Å². The van der Waals surface area contributed by atoms with E-state index in [9.17, 15) is 4.79 Å². The van der Waals surface area contributed by atoms with Gasteiger partial charge in [-0.15, -0.1) is 0 Å². The van der Waals surface area contributed by atoms with Gasteiger partial charge in [-0.2, -0.15) is 0 Å². The quantitative estimate of drug-likeness (QED) is 0.174. The number of ether oxygens (including phenoxy) is 1. The van der Waals surface area contributed by atoms with Crippen LogP contribution in [0.1, 0.15) is 130 Å². The van der Waals surface area contributed by atoms with E-state index in [4.69, 9.17) is 4.74 Å². The highest BCUT2D eigenvalue weighted by Crippen LogP contribution is 2.13. The van der Waals surface area contributed by atoms with Crippen molar-refractivity contribution in [1.29, 1.82) is 0 Å². The van der Waals surface area contributed by atoms with Crippen LogP contribution in [0.5, 0.6) is 0 Å². The molecule has 0 radical (unpaired) electrons. The number of unbranched alkanes of at least 4 members (excludes halogenated alkanes) is 13. The predicted octanol–water partition coefficient (Wildman–Crippen LogP) is 7.84. The molecule has 0 aliphatic heterocycles. The maximum absolute atomic E-state index is 11.6. The van der Waals surface area contributed by atoms with Gasteiger partial charge in [-0.05, 0) is 18.8 Å². The van der Waals surface area contributed by atoms with Crippen LogP contribution in [0, 0.1) is 5.92 Å². The molecule has 0 aromatic rings. The first-order valence-corrected chi connectivity index (χ1v) is 11.3. The van der Waals surface area contributed by atoms with Crippen molar-refractivity contribution in [3.8, 4) is 0 Å². The molecule has 0 N–H and O–H groups in total. The van der Waals surface area contributed by atoms with Gasteiger partial charge in [-0.3, -0.25) is 4.79 Å². The molecule has 0 unspecified atom stereocenters. The second-order valence-electron chi connectivity index (χ2n) is 8.10. The summed E-state index contributed by atoms with van der Waals surface area (Å²) in [6.45, 7) is 7.41. The van der Waals surface area contributed by atoms with E-state index in [1.54, 1.807) is 0 Å². The van der Waals surface area contributed by atoms with Gasteiger partial charge in [0.15, 0.2) is 0 Å². The molecule has 0 aromatic heterocycles. The zero-order valence-corrected chi connectivity index (χ0v) is 17.6. The van der Waals surface area contributed by atoms with Crippen LogP contribution in [0.25, 0.3) is 0 Å². The third-order valence-corrected chi connectivity index (χ3v) is 4.92. The molecule has 0 heterocycles. The summed E-state index contributed by atoms with van der Waals surface area (Å²) in [7, 11) is 0. The maximum Gasteiger partial charge on any atom is 0.305 e. The van der Waals surface area contributed by atoms with Gasteiger partial charge in [0.05, 0.1) is 6.61 Å². The molecule has 0 aliphatic rings. The van der Waals surface area contributed by atoms with E-state index in [0.29, 0.717) is 13.0 Å². The summed E-state index contributed by atoms with van der Waals surface area (Å²) in [5.41, 5.74) is 0. The minimum Gasteiger partial charge on any atom is -0.466 e. The van der Waals surface area contributed by atoms with Crippen molar-refractivity contribution in [2.45, 2.75) is 130 Å². The third kappa shape index (κ3) is 21.4. The normalized spacial score (nSPS) is 11.2. The van der Waals surface area contributed by atoms with Gasteiger partial charge in [-0.1, -0.05) is 111 Å². The van der Waals surface area contributed by atoms with Crippen molar-refractivity contribution in [2.24, 2.45) is 5.92 Å². The lowest BCUT2D eigenvalue weighted by atomic mass is 10.0. The van der Waals surface area contributed by atoms with E-state index >= 15 is 0 Å². The van der Waals surface area contributed by atoms with Crippen LogP contribution in [0.3, 0.4) is 0 Å². The number of esters is 1. The number of carbonyl (C=O) groups excluding carboxylic acids is 1. The molecule has 0 fully saturated rings. The lowest BCUT2D eigenvalue weighted by Gasteiger charge is -2.06. The number of rotatable bonds is 19. The van der Waals surface area contributed by atoms with E-state index in [-0.39, 0.29) is 5.97 Å². The fourth-order valence-corrected chi connectivity index (χ4v) is 3.20. The SMILES string of the molecule is CCCCCCCCCCCCCCC(=O)OCCCCCC(C)C. The largest absolute Gasteiger partial charge is 0.466 e. The van der Waals surface area contributed by atoms with Gasteiger partial charge in [0.2, 0.25) is 0 Å². The molecule has 0 bridgehead atoms. The molecule has 0 saturated heterocycles. The lowest BCUT2D eigenvalue weighted by Crippen LogP contribution is -2.05. The van der Waals surface area contributed by atoms with Gasteiger partial charge in [0.25, 0.3) is 0 Å². The molecule has 150 valence electrons. The second-order valence-corrected chi connectivity index (χ2v) is 8.10. The number of hydrogen-bond donors (Lipinski definition) is 0. The minimum absolute atomic E-state index is 0.0101. The van der Waals surface area contributed by atoms with E-state index in [0.717, 1.165) is 18.8 Å². The van der Waals surface area contributed by atoms with Gasteiger partial charge >= 0.3 is 5.97 Å². The number of hydrogen-bond acceptors (Lipinski definition) is 2. The van der Waals surface area contributed by atoms with E-state index in [2.05, 4.69) is 20.8 Å².